The van der Waals surface area contributed by atoms with Crippen molar-refractivity contribution in [2.75, 3.05) is 31.7 Å². The molecule has 1 aliphatic rings. The van der Waals surface area contributed by atoms with E-state index in [9.17, 15) is 14.7 Å². The maximum atomic E-state index is 12.9. The fraction of sp³-hybridized carbons (Fsp3) is 0.560. The summed E-state index contributed by atoms with van der Waals surface area (Å²) in [7, 11) is 1.33. The van der Waals surface area contributed by atoms with Gasteiger partial charge in [0.1, 0.15) is 11.5 Å². The second-order valence-electron chi connectivity index (χ2n) is 9.89. The van der Waals surface area contributed by atoms with E-state index in [1.807, 2.05) is 27.7 Å². The molecule has 3 rings (SSSR count). The molecule has 2 aromatic rings. The van der Waals surface area contributed by atoms with E-state index in [-0.39, 0.29) is 40.9 Å². The van der Waals surface area contributed by atoms with Crippen molar-refractivity contribution in [3.05, 3.63) is 41.7 Å². The first-order chi connectivity index (χ1) is 15.9. The molecule has 0 spiro atoms. The number of carbonyl (C=O) groups excluding carboxylic acids is 1. The molecule has 1 atom stereocenters. The zero-order valence-corrected chi connectivity index (χ0v) is 20.9. The van der Waals surface area contributed by atoms with Crippen LogP contribution in [-0.4, -0.2) is 94.0 Å². The van der Waals surface area contributed by atoms with Crippen LogP contribution in [-0.2, 0) is 19.0 Å². The monoisotopic (exact) mass is 497 g/mol. The van der Waals surface area contributed by atoms with E-state index in [0.29, 0.717) is 36.7 Å². The summed E-state index contributed by atoms with van der Waals surface area (Å²) in [5.41, 5.74) is 0.904. The predicted octanol–water partition coefficient (Wildman–Crippen LogP) is 3.28. The van der Waals surface area contributed by atoms with Gasteiger partial charge in [-0.2, -0.15) is 0 Å². The number of fused-ring (bicyclic) bond motifs is 1. The van der Waals surface area contributed by atoms with Gasteiger partial charge < -0.3 is 24.2 Å². The van der Waals surface area contributed by atoms with Crippen molar-refractivity contribution in [1.29, 1.82) is 0 Å². The number of piperidine rings is 1. The van der Waals surface area contributed by atoms with E-state index in [0.717, 1.165) is 18.4 Å². The fourth-order valence-corrected chi connectivity index (χ4v) is 4.27. The van der Waals surface area contributed by atoms with Crippen molar-refractivity contribution in [3.63, 3.8) is 0 Å². The second-order valence-corrected chi connectivity index (χ2v) is 9.89. The number of carbonyl (C=O) groups is 2. The van der Waals surface area contributed by atoms with Gasteiger partial charge in [0.15, 0.2) is 11.8 Å². The molecule has 3 heterocycles. The minimum atomic E-state index is -1.12. The Labute approximate surface area is 228 Å². The molecular formula is C25H36N3NaO6. The first-order valence-corrected chi connectivity index (χ1v) is 11.4. The molecule has 9 nitrogen and oxygen atoms in total. The number of aryl methyl sites for hydroxylation is 1. The van der Waals surface area contributed by atoms with Crippen molar-refractivity contribution < 1.29 is 28.9 Å². The molecule has 0 aromatic carbocycles. The van der Waals surface area contributed by atoms with E-state index in [1.54, 1.807) is 16.5 Å². The summed E-state index contributed by atoms with van der Waals surface area (Å²) in [6.07, 6.45) is 3.73. The number of aromatic nitrogens is 2. The standard InChI is InChI=1S/C25H35N3O6.Na.H/c1-8-13-33-25(6)9-11-27(12-10-25)21-19(20(23(31)32-7)34-24(3,4)5)16(2)14-18-26-17(22(29)30)15-28(18)21;;/h8,14-15,20H,1,9-13H2,2-7H3,(H,29,30);;. The van der Waals surface area contributed by atoms with Crippen LogP contribution >= 0.6 is 0 Å². The van der Waals surface area contributed by atoms with Crippen LogP contribution in [0.2, 0.25) is 0 Å². The van der Waals surface area contributed by atoms with Crippen LogP contribution in [0.15, 0.2) is 24.9 Å². The van der Waals surface area contributed by atoms with Crippen LogP contribution in [0.4, 0.5) is 5.82 Å². The normalized spacial score (nSPS) is 16.5. The van der Waals surface area contributed by atoms with Gasteiger partial charge in [-0.3, -0.25) is 4.40 Å². The Bertz CT molecular complexity index is 1080. The van der Waals surface area contributed by atoms with Crippen molar-refractivity contribution >= 4 is 53.0 Å². The van der Waals surface area contributed by atoms with Gasteiger partial charge >= 0.3 is 41.5 Å². The Balaban J connectivity index is 0.00000432. The molecule has 0 aliphatic carbocycles. The molecule has 1 saturated heterocycles. The third-order valence-corrected chi connectivity index (χ3v) is 6.01. The topological polar surface area (TPSA) is 103 Å². The zero-order chi connectivity index (χ0) is 25.3. The number of carboxylic acids is 1. The van der Waals surface area contributed by atoms with Gasteiger partial charge in [-0.15, -0.1) is 6.58 Å². The number of ether oxygens (including phenoxy) is 3. The summed E-state index contributed by atoms with van der Waals surface area (Å²) in [6.45, 7) is 15.1. The molecule has 0 saturated carbocycles. The van der Waals surface area contributed by atoms with Gasteiger partial charge in [-0.25, -0.2) is 14.6 Å². The van der Waals surface area contributed by atoms with Gasteiger partial charge in [0.2, 0.25) is 0 Å². The molecule has 0 radical (unpaired) electrons. The third kappa shape index (κ3) is 6.65. The summed E-state index contributed by atoms with van der Waals surface area (Å²) < 4.78 is 19.1. The molecular weight excluding hydrogens is 461 g/mol. The molecule has 0 amide bonds. The minimum absolute atomic E-state index is 0. The van der Waals surface area contributed by atoms with E-state index < -0.39 is 23.6 Å². The molecule has 10 heteroatoms. The number of pyridine rings is 1. The molecule has 188 valence electrons. The van der Waals surface area contributed by atoms with Crippen molar-refractivity contribution in [1.82, 2.24) is 9.38 Å². The Hall–Kier alpha value is -1.91. The molecule has 1 aliphatic heterocycles. The molecule has 2 aromatic heterocycles. The van der Waals surface area contributed by atoms with E-state index in [2.05, 4.69) is 23.4 Å². The van der Waals surface area contributed by atoms with Crippen LogP contribution in [0.25, 0.3) is 5.65 Å². The Kier molecular flexibility index (Phi) is 9.58. The van der Waals surface area contributed by atoms with Crippen LogP contribution in [0.1, 0.15) is 68.3 Å². The number of nitrogens with zero attached hydrogens (tertiary/aromatic N) is 3. The number of carboxylic acid groups (broad SMARTS) is 1. The quantitative estimate of drug-likeness (QED) is 0.337. The van der Waals surface area contributed by atoms with E-state index in [1.165, 1.54) is 13.3 Å². The number of rotatable bonds is 8. The molecule has 35 heavy (non-hydrogen) atoms. The van der Waals surface area contributed by atoms with Crippen LogP contribution in [0.5, 0.6) is 0 Å². The SMILES string of the molecule is C=CCOC1(C)CCN(c2c(C(OC(C)(C)C)C(=O)OC)c(C)cc3nc(C(=O)O)cn23)CC1.[NaH]. The third-order valence-electron chi connectivity index (χ3n) is 6.01. The predicted molar refractivity (Wildman–Crippen MR) is 136 cm³/mol. The van der Waals surface area contributed by atoms with Gasteiger partial charge in [0, 0.05) is 24.8 Å². The molecule has 0 bridgehead atoms. The van der Waals surface area contributed by atoms with Crippen molar-refractivity contribution in [2.45, 2.75) is 64.8 Å². The van der Waals surface area contributed by atoms with E-state index >= 15 is 0 Å². The second kappa shape index (κ2) is 11.4. The zero-order valence-electron chi connectivity index (χ0n) is 20.9. The molecule has 1 fully saturated rings. The summed E-state index contributed by atoms with van der Waals surface area (Å²) in [5, 5.41) is 9.55. The summed E-state index contributed by atoms with van der Waals surface area (Å²) in [6, 6.07) is 1.77. The molecule has 1 unspecified atom stereocenters. The number of anilines is 1. The first kappa shape index (κ1) is 29.3. The number of esters is 1. The van der Waals surface area contributed by atoms with Crippen molar-refractivity contribution in [3.8, 4) is 0 Å². The van der Waals surface area contributed by atoms with Gasteiger partial charge in [0.25, 0.3) is 0 Å². The number of aromatic carboxylic acids is 1. The fourth-order valence-electron chi connectivity index (χ4n) is 4.27. The first-order valence-electron chi connectivity index (χ1n) is 11.4. The Morgan fingerprint density at radius 3 is 2.46 bits per heavy atom. The van der Waals surface area contributed by atoms with Crippen LogP contribution < -0.4 is 4.90 Å². The number of methoxy groups -OCH3 is 1. The van der Waals surface area contributed by atoms with Crippen LogP contribution in [0.3, 0.4) is 0 Å². The van der Waals surface area contributed by atoms with E-state index in [4.69, 9.17) is 14.2 Å². The average molecular weight is 498 g/mol. The average Bonchev–Trinajstić information content (AvgIpc) is 3.19. The number of hydrogen-bond acceptors (Lipinski definition) is 7. The van der Waals surface area contributed by atoms with Crippen LogP contribution in [0, 0.1) is 6.92 Å². The van der Waals surface area contributed by atoms with Crippen molar-refractivity contribution in [2.24, 2.45) is 0 Å². The molecule has 1 N–H and O–H groups in total. The number of imidazole rings is 1. The summed E-state index contributed by atoms with van der Waals surface area (Å²) in [5.74, 6) is -0.956. The summed E-state index contributed by atoms with van der Waals surface area (Å²) in [4.78, 5) is 31.0. The Morgan fingerprint density at radius 2 is 1.94 bits per heavy atom. The van der Waals surface area contributed by atoms with Gasteiger partial charge in [-0.1, -0.05) is 6.08 Å². The van der Waals surface area contributed by atoms with Gasteiger partial charge in [0.05, 0.1) is 24.9 Å². The van der Waals surface area contributed by atoms with Gasteiger partial charge in [-0.05, 0) is 59.1 Å². The number of hydrogen-bond donors (Lipinski definition) is 1. The summed E-state index contributed by atoms with van der Waals surface area (Å²) >= 11 is 0. The Morgan fingerprint density at radius 1 is 1.31 bits per heavy atom. The maximum absolute atomic E-state index is 12.9.